The van der Waals surface area contributed by atoms with Crippen molar-refractivity contribution in [2.75, 3.05) is 7.11 Å². The molecule has 0 spiro atoms. The second-order valence-electron chi connectivity index (χ2n) is 4.53. The molecule has 0 radical (unpaired) electrons. The lowest BCUT2D eigenvalue weighted by atomic mass is 10.1. The summed E-state index contributed by atoms with van der Waals surface area (Å²) in [5, 5.41) is 0. The van der Waals surface area contributed by atoms with E-state index in [4.69, 9.17) is 4.74 Å². The maximum atomic E-state index is 14.2. The zero-order valence-corrected chi connectivity index (χ0v) is 12.7. The second-order valence-corrected chi connectivity index (χ2v) is 4.53. The predicted molar refractivity (Wildman–Crippen MR) is 83.8 cm³/mol. The number of methoxy groups -OCH3 is 1. The summed E-state index contributed by atoms with van der Waals surface area (Å²) in [6.45, 7) is 1.71. The van der Waals surface area contributed by atoms with Gasteiger partial charge in [-0.05, 0) is 61.4 Å². The lowest BCUT2D eigenvalue weighted by Gasteiger charge is -2.18. The van der Waals surface area contributed by atoms with Gasteiger partial charge in [0.05, 0.1) is 12.7 Å². The third-order valence-corrected chi connectivity index (χ3v) is 2.89. The van der Waals surface area contributed by atoms with E-state index in [1.807, 2.05) is 0 Å². The van der Waals surface area contributed by atoms with Crippen LogP contribution in [0, 0.1) is 23.9 Å². The Hall–Kier alpha value is -2.98. The van der Waals surface area contributed by atoms with Crippen molar-refractivity contribution in [2.24, 2.45) is 0 Å². The van der Waals surface area contributed by atoms with E-state index in [0.29, 0.717) is 5.56 Å². The highest BCUT2D eigenvalue weighted by Gasteiger charge is 2.34. The minimum Gasteiger partial charge on any atom is -0.450 e. The van der Waals surface area contributed by atoms with E-state index in [1.54, 1.807) is 19.1 Å². The largest absolute Gasteiger partial charge is 0.450 e. The van der Waals surface area contributed by atoms with Crippen LogP contribution in [0.15, 0.2) is 48.5 Å². The molecule has 0 amide bonds. The zero-order chi connectivity index (χ0) is 16.7. The van der Waals surface area contributed by atoms with Crippen molar-refractivity contribution in [3.8, 4) is 29.6 Å². The molecule has 0 saturated carbocycles. The molecule has 0 aromatic heterocycles. The van der Waals surface area contributed by atoms with Crippen molar-refractivity contribution < 1.29 is 18.3 Å². The summed E-state index contributed by atoms with van der Waals surface area (Å²) in [6.07, 6.45) is -1.04. The summed E-state index contributed by atoms with van der Waals surface area (Å²) < 4.78 is 37.7. The first-order chi connectivity index (χ1) is 11.0. The van der Waals surface area contributed by atoms with Crippen LogP contribution < -0.4 is 4.74 Å². The minimum absolute atomic E-state index is 0.0694. The third kappa shape index (κ3) is 4.49. The molecular weight excluding hydrogens is 298 g/mol. The van der Waals surface area contributed by atoms with Gasteiger partial charge in [0.25, 0.3) is 0 Å². The van der Waals surface area contributed by atoms with E-state index in [1.165, 1.54) is 43.5 Å². The number of benzene rings is 2. The number of hydrogen-bond acceptors (Lipinski definition) is 2. The van der Waals surface area contributed by atoms with Gasteiger partial charge >= 0.3 is 6.11 Å². The van der Waals surface area contributed by atoms with Gasteiger partial charge in [-0.2, -0.15) is 8.78 Å². The number of halogens is 2. The predicted octanol–water partition coefficient (Wildman–Crippen LogP) is 4.14. The lowest BCUT2D eigenvalue weighted by molar-refractivity contribution is -0.185. The molecule has 2 rings (SSSR count). The van der Waals surface area contributed by atoms with Crippen LogP contribution in [0.3, 0.4) is 0 Å². The fourth-order valence-corrected chi connectivity index (χ4v) is 1.82. The van der Waals surface area contributed by atoms with Crippen molar-refractivity contribution in [1.29, 1.82) is 0 Å². The van der Waals surface area contributed by atoms with Gasteiger partial charge in [0.2, 0.25) is 0 Å². The standard InChI is InChI=1S/C19H14F2O2/c1-3-4-15-7-11-18(12-8-15)23-19(20,21)17-9-5-16(6-10-17)13-14-22-2/h5-12H,1-2H3. The van der Waals surface area contributed by atoms with Crippen LogP contribution in [0.4, 0.5) is 8.78 Å². The van der Waals surface area contributed by atoms with Crippen LogP contribution in [0.2, 0.25) is 0 Å². The summed E-state index contributed by atoms with van der Waals surface area (Å²) in [7, 11) is 1.43. The first-order valence-electron chi connectivity index (χ1n) is 6.79. The first-order valence-corrected chi connectivity index (χ1v) is 6.79. The number of ether oxygens (including phenoxy) is 2. The lowest BCUT2D eigenvalue weighted by Crippen LogP contribution is -2.21. The average molecular weight is 312 g/mol. The third-order valence-electron chi connectivity index (χ3n) is 2.89. The van der Waals surface area contributed by atoms with Gasteiger partial charge < -0.3 is 9.47 Å². The van der Waals surface area contributed by atoms with Crippen LogP contribution >= 0.6 is 0 Å². The summed E-state index contributed by atoms with van der Waals surface area (Å²) in [4.78, 5) is 0. The Morgan fingerprint density at radius 2 is 1.43 bits per heavy atom. The van der Waals surface area contributed by atoms with Crippen LogP contribution in [0.1, 0.15) is 23.6 Å². The van der Waals surface area contributed by atoms with E-state index in [0.717, 1.165) is 5.56 Å². The Morgan fingerprint density at radius 3 is 2.00 bits per heavy atom. The average Bonchev–Trinajstić information content (AvgIpc) is 2.55. The number of alkyl halides is 2. The molecule has 0 aliphatic rings. The fraction of sp³-hybridized carbons (Fsp3) is 0.158. The van der Waals surface area contributed by atoms with Crippen LogP contribution in [0.5, 0.6) is 5.75 Å². The molecule has 0 unspecified atom stereocenters. The van der Waals surface area contributed by atoms with E-state index in [9.17, 15) is 8.78 Å². The van der Waals surface area contributed by atoms with Crippen molar-refractivity contribution in [3.63, 3.8) is 0 Å². The number of rotatable bonds is 3. The van der Waals surface area contributed by atoms with E-state index >= 15 is 0 Å². The Labute approximate surface area is 134 Å². The maximum Gasteiger partial charge on any atom is 0.426 e. The molecule has 4 heteroatoms. The van der Waals surface area contributed by atoms with Gasteiger partial charge in [0, 0.05) is 11.1 Å². The zero-order valence-electron chi connectivity index (χ0n) is 12.7. The molecular formula is C19H14F2O2. The van der Waals surface area contributed by atoms with Gasteiger partial charge in [-0.15, -0.1) is 5.92 Å². The molecule has 2 aromatic carbocycles. The molecule has 23 heavy (non-hydrogen) atoms. The quantitative estimate of drug-likeness (QED) is 0.793. The highest BCUT2D eigenvalue weighted by molar-refractivity contribution is 5.39. The topological polar surface area (TPSA) is 18.5 Å². The molecule has 0 fully saturated rings. The summed E-state index contributed by atoms with van der Waals surface area (Å²) >= 11 is 0. The van der Waals surface area contributed by atoms with Crippen LogP contribution in [0.25, 0.3) is 0 Å². The highest BCUT2D eigenvalue weighted by Crippen LogP contribution is 2.31. The molecule has 116 valence electrons. The Kier molecular flexibility index (Phi) is 5.23. The van der Waals surface area contributed by atoms with Gasteiger partial charge in [0.15, 0.2) is 0 Å². The molecule has 0 N–H and O–H groups in total. The fourth-order valence-electron chi connectivity index (χ4n) is 1.82. The van der Waals surface area contributed by atoms with E-state index < -0.39 is 6.11 Å². The number of hydrogen-bond donors (Lipinski definition) is 0. The highest BCUT2D eigenvalue weighted by atomic mass is 19.3. The van der Waals surface area contributed by atoms with Gasteiger partial charge in [-0.3, -0.25) is 0 Å². The Bertz CT molecular complexity index is 771. The van der Waals surface area contributed by atoms with Gasteiger partial charge in [0.1, 0.15) is 11.9 Å². The van der Waals surface area contributed by atoms with E-state index in [2.05, 4.69) is 28.6 Å². The summed E-state index contributed by atoms with van der Waals surface area (Å²) in [5.41, 5.74) is 1.07. The molecule has 0 aliphatic heterocycles. The van der Waals surface area contributed by atoms with Crippen molar-refractivity contribution in [2.45, 2.75) is 13.0 Å². The monoisotopic (exact) mass is 312 g/mol. The summed E-state index contributed by atoms with van der Waals surface area (Å²) in [5.74, 6) is 8.31. The molecule has 0 aliphatic carbocycles. The molecule has 2 aromatic rings. The smallest absolute Gasteiger partial charge is 0.426 e. The Morgan fingerprint density at radius 1 is 0.870 bits per heavy atom. The minimum atomic E-state index is -3.44. The molecule has 0 saturated heterocycles. The Balaban J connectivity index is 2.15. The van der Waals surface area contributed by atoms with Crippen LogP contribution in [-0.4, -0.2) is 7.11 Å². The van der Waals surface area contributed by atoms with Crippen molar-refractivity contribution in [1.82, 2.24) is 0 Å². The second kappa shape index (κ2) is 7.33. The van der Waals surface area contributed by atoms with Gasteiger partial charge in [-0.1, -0.05) is 5.92 Å². The first kappa shape index (κ1) is 16.4. The molecule has 2 nitrogen and oxygen atoms in total. The van der Waals surface area contributed by atoms with E-state index in [-0.39, 0.29) is 11.3 Å². The maximum absolute atomic E-state index is 14.2. The van der Waals surface area contributed by atoms with Crippen molar-refractivity contribution >= 4 is 0 Å². The molecule has 0 heterocycles. The molecule has 0 atom stereocenters. The van der Waals surface area contributed by atoms with Crippen LogP contribution in [-0.2, 0) is 10.8 Å². The summed E-state index contributed by atoms with van der Waals surface area (Å²) in [6, 6.07) is 11.7. The normalized spacial score (nSPS) is 9.91. The molecule has 0 bridgehead atoms. The SMILES string of the molecule is CC#Cc1ccc(OC(F)(F)c2ccc(C#COC)cc2)cc1. The van der Waals surface area contributed by atoms with Crippen molar-refractivity contribution in [3.05, 3.63) is 65.2 Å². The van der Waals surface area contributed by atoms with Gasteiger partial charge in [-0.25, -0.2) is 0 Å².